The molecular formula is C22H21N3O3. The van der Waals surface area contributed by atoms with Crippen LogP contribution in [0, 0.1) is 6.92 Å². The Kier molecular flexibility index (Phi) is 3.93. The zero-order valence-corrected chi connectivity index (χ0v) is 15.7. The molecule has 1 saturated heterocycles. The number of carbonyl (C=O) groups is 1. The number of aromatic nitrogens is 2. The molecule has 142 valence electrons. The van der Waals surface area contributed by atoms with Crippen molar-refractivity contribution >= 4 is 16.8 Å². The summed E-state index contributed by atoms with van der Waals surface area (Å²) in [6, 6.07) is 15.2. The van der Waals surface area contributed by atoms with Crippen LogP contribution in [0.5, 0.6) is 5.75 Å². The number of carbonyl (C=O) groups excluding carboxylic acids is 1. The number of rotatable bonds is 4. The van der Waals surface area contributed by atoms with Gasteiger partial charge in [-0.2, -0.15) is 0 Å². The first kappa shape index (κ1) is 17.0. The fourth-order valence-electron chi connectivity index (χ4n) is 3.77. The summed E-state index contributed by atoms with van der Waals surface area (Å²) in [7, 11) is 0. The first-order chi connectivity index (χ1) is 13.6. The Labute approximate surface area is 162 Å². The van der Waals surface area contributed by atoms with Gasteiger partial charge < -0.3 is 14.2 Å². The molecule has 2 aromatic heterocycles. The number of para-hydroxylation sites is 1. The van der Waals surface area contributed by atoms with E-state index in [4.69, 9.17) is 4.74 Å². The van der Waals surface area contributed by atoms with Gasteiger partial charge in [0, 0.05) is 23.2 Å². The number of pyridine rings is 2. The van der Waals surface area contributed by atoms with E-state index in [1.54, 1.807) is 17.0 Å². The van der Waals surface area contributed by atoms with Crippen LogP contribution < -0.4 is 10.3 Å². The van der Waals surface area contributed by atoms with Crippen molar-refractivity contribution in [3.63, 3.8) is 0 Å². The Morgan fingerprint density at radius 3 is 2.64 bits per heavy atom. The van der Waals surface area contributed by atoms with Gasteiger partial charge in [-0.3, -0.25) is 9.59 Å². The van der Waals surface area contributed by atoms with Gasteiger partial charge in [-0.25, -0.2) is 4.98 Å². The van der Waals surface area contributed by atoms with E-state index in [2.05, 4.69) is 4.98 Å². The monoisotopic (exact) mass is 375 g/mol. The largest absolute Gasteiger partial charge is 0.486 e. The Hall–Kier alpha value is -3.15. The molecule has 3 aromatic rings. The third-order valence-electron chi connectivity index (χ3n) is 5.40. The summed E-state index contributed by atoms with van der Waals surface area (Å²) in [5.41, 5.74) is 2.18. The van der Waals surface area contributed by atoms with E-state index in [0.717, 1.165) is 29.4 Å². The minimum absolute atomic E-state index is 0.00915. The van der Waals surface area contributed by atoms with Crippen molar-refractivity contribution in [1.82, 2.24) is 14.5 Å². The summed E-state index contributed by atoms with van der Waals surface area (Å²) >= 11 is 0. The van der Waals surface area contributed by atoms with Crippen LogP contribution in [0.4, 0.5) is 0 Å². The number of hydrogen-bond donors (Lipinski definition) is 0. The first-order valence-corrected chi connectivity index (χ1v) is 9.63. The molecule has 1 aliphatic heterocycles. The lowest BCUT2D eigenvalue weighted by Gasteiger charge is -2.38. The second-order valence-electron chi connectivity index (χ2n) is 7.61. The lowest BCUT2D eigenvalue weighted by atomic mass is 10.1. The van der Waals surface area contributed by atoms with Gasteiger partial charge in [-0.1, -0.05) is 24.3 Å². The maximum absolute atomic E-state index is 12.7. The molecular weight excluding hydrogens is 354 g/mol. The molecule has 2 fully saturated rings. The van der Waals surface area contributed by atoms with Gasteiger partial charge in [0.25, 0.3) is 11.5 Å². The minimum Gasteiger partial charge on any atom is -0.486 e. The highest BCUT2D eigenvalue weighted by Crippen LogP contribution is 2.35. The van der Waals surface area contributed by atoms with Crippen LogP contribution in [-0.2, 0) is 0 Å². The van der Waals surface area contributed by atoms with Crippen molar-refractivity contribution in [1.29, 1.82) is 0 Å². The number of aryl methyl sites for hydroxylation is 1. The third-order valence-corrected chi connectivity index (χ3v) is 5.40. The summed E-state index contributed by atoms with van der Waals surface area (Å²) in [6.45, 7) is 2.94. The lowest BCUT2D eigenvalue weighted by Crippen LogP contribution is -2.56. The van der Waals surface area contributed by atoms with Gasteiger partial charge in [0.2, 0.25) is 0 Å². The molecule has 6 nitrogen and oxygen atoms in total. The van der Waals surface area contributed by atoms with E-state index in [0.29, 0.717) is 30.6 Å². The number of benzene rings is 1. The summed E-state index contributed by atoms with van der Waals surface area (Å²) in [4.78, 5) is 31.2. The van der Waals surface area contributed by atoms with Crippen molar-refractivity contribution in [2.45, 2.75) is 31.9 Å². The van der Waals surface area contributed by atoms with Crippen molar-refractivity contribution in [2.75, 3.05) is 13.1 Å². The zero-order valence-electron chi connectivity index (χ0n) is 15.7. The van der Waals surface area contributed by atoms with E-state index < -0.39 is 0 Å². The van der Waals surface area contributed by atoms with Crippen LogP contribution in [0.15, 0.2) is 53.3 Å². The normalized spacial score (nSPS) is 16.8. The van der Waals surface area contributed by atoms with E-state index in [9.17, 15) is 9.59 Å². The summed E-state index contributed by atoms with van der Waals surface area (Å²) in [5.74, 6) is 0.492. The average Bonchev–Trinajstić information content (AvgIpc) is 3.48. The highest BCUT2D eigenvalue weighted by molar-refractivity contribution is 5.95. The molecule has 0 spiro atoms. The second kappa shape index (κ2) is 6.48. The molecule has 3 heterocycles. The summed E-state index contributed by atoms with van der Waals surface area (Å²) in [6.07, 6.45) is 2.05. The Balaban J connectivity index is 1.24. The van der Waals surface area contributed by atoms with Crippen molar-refractivity contribution in [3.05, 3.63) is 70.3 Å². The van der Waals surface area contributed by atoms with E-state index in [1.807, 2.05) is 47.9 Å². The van der Waals surface area contributed by atoms with Gasteiger partial charge in [-0.05, 0) is 38.0 Å². The van der Waals surface area contributed by atoms with Crippen LogP contribution in [0.3, 0.4) is 0 Å². The van der Waals surface area contributed by atoms with Gasteiger partial charge in [0.1, 0.15) is 17.5 Å². The molecule has 5 rings (SSSR count). The maximum atomic E-state index is 12.7. The molecule has 0 atom stereocenters. The first-order valence-electron chi connectivity index (χ1n) is 9.63. The predicted molar refractivity (Wildman–Crippen MR) is 106 cm³/mol. The molecule has 1 aromatic carbocycles. The van der Waals surface area contributed by atoms with Crippen LogP contribution in [0.25, 0.3) is 10.9 Å². The molecule has 1 aliphatic carbocycles. The summed E-state index contributed by atoms with van der Waals surface area (Å²) in [5, 5.41) is 1.01. The molecule has 0 unspecified atom stereocenters. The van der Waals surface area contributed by atoms with Gasteiger partial charge >= 0.3 is 0 Å². The number of nitrogens with zero attached hydrogens (tertiary/aromatic N) is 3. The fraction of sp³-hybridized carbons (Fsp3) is 0.318. The van der Waals surface area contributed by atoms with Crippen LogP contribution in [0.1, 0.15) is 35.1 Å². The number of fused-ring (bicyclic) bond motifs is 1. The Morgan fingerprint density at radius 2 is 1.89 bits per heavy atom. The molecule has 1 saturated carbocycles. The number of amides is 1. The van der Waals surface area contributed by atoms with Gasteiger partial charge in [0.05, 0.1) is 18.6 Å². The molecule has 0 radical (unpaired) electrons. The lowest BCUT2D eigenvalue weighted by molar-refractivity contribution is 0.0172. The van der Waals surface area contributed by atoms with E-state index in [-0.39, 0.29) is 17.6 Å². The zero-order chi connectivity index (χ0) is 19.3. The van der Waals surface area contributed by atoms with Crippen LogP contribution >= 0.6 is 0 Å². The number of likely N-dealkylation sites (tertiary alicyclic amines) is 1. The highest BCUT2D eigenvalue weighted by atomic mass is 16.5. The quantitative estimate of drug-likeness (QED) is 0.703. The number of ether oxygens (including phenoxy) is 1. The maximum Gasteiger partial charge on any atom is 0.272 e. The molecule has 2 aliphatic rings. The van der Waals surface area contributed by atoms with Crippen molar-refractivity contribution in [3.8, 4) is 5.75 Å². The third kappa shape index (κ3) is 3.05. The van der Waals surface area contributed by atoms with Crippen LogP contribution in [0.2, 0.25) is 0 Å². The minimum atomic E-state index is -0.0972. The predicted octanol–water partition coefficient (Wildman–Crippen LogP) is 2.94. The molecule has 1 amide bonds. The molecule has 0 N–H and O–H groups in total. The number of hydrogen-bond acceptors (Lipinski definition) is 4. The van der Waals surface area contributed by atoms with E-state index in [1.165, 1.54) is 0 Å². The highest BCUT2D eigenvalue weighted by Gasteiger charge is 2.34. The average molecular weight is 375 g/mol. The van der Waals surface area contributed by atoms with Gasteiger partial charge in [0.15, 0.2) is 0 Å². The Bertz CT molecular complexity index is 1130. The molecule has 6 heteroatoms. The Morgan fingerprint density at radius 1 is 1.11 bits per heavy atom. The smallest absolute Gasteiger partial charge is 0.272 e. The molecule has 0 bridgehead atoms. The van der Waals surface area contributed by atoms with Crippen LogP contribution in [-0.4, -0.2) is 39.6 Å². The van der Waals surface area contributed by atoms with E-state index >= 15 is 0 Å². The SMILES string of the molecule is Cc1cc(OC2CN(C(=O)c3ccc4ccccc4n3)C2)cc(=O)n1C1CC1. The fourth-order valence-corrected chi connectivity index (χ4v) is 3.77. The van der Waals surface area contributed by atoms with Crippen molar-refractivity contribution in [2.24, 2.45) is 0 Å². The van der Waals surface area contributed by atoms with Crippen molar-refractivity contribution < 1.29 is 9.53 Å². The summed E-state index contributed by atoms with van der Waals surface area (Å²) < 4.78 is 7.77. The standard InChI is InChI=1S/C22H21N3O3/c1-14-10-17(11-21(26)25(14)16-7-8-16)28-18-12-24(13-18)22(27)20-9-6-15-4-2-3-5-19(15)23-20/h2-6,9-11,16,18H,7-8,12-13H2,1H3. The van der Waals surface area contributed by atoms with Gasteiger partial charge in [-0.15, -0.1) is 0 Å². The topological polar surface area (TPSA) is 64.4 Å². The molecule has 28 heavy (non-hydrogen) atoms. The second-order valence-corrected chi connectivity index (χ2v) is 7.61.